The summed E-state index contributed by atoms with van der Waals surface area (Å²) < 4.78 is 5.01. The molecule has 0 aliphatic heterocycles. The predicted molar refractivity (Wildman–Crippen MR) is 73.5 cm³/mol. The Kier molecular flexibility index (Phi) is 7.11. The minimum absolute atomic E-state index is 0.123. The first-order chi connectivity index (χ1) is 8.76. The fourth-order valence-corrected chi connectivity index (χ4v) is 1.88. The molecule has 1 aromatic carbocycles. The average molecular weight is 249 g/mol. The molecular weight excluding hydrogens is 226 g/mol. The predicted octanol–water partition coefficient (Wildman–Crippen LogP) is 2.55. The van der Waals surface area contributed by atoms with Gasteiger partial charge in [0.1, 0.15) is 0 Å². The number of hydrogen-bond donors (Lipinski definition) is 1. The second-order valence-electron chi connectivity index (χ2n) is 4.35. The van der Waals surface area contributed by atoms with Gasteiger partial charge < -0.3 is 10.1 Å². The van der Waals surface area contributed by atoms with Crippen LogP contribution in [-0.2, 0) is 16.0 Å². The average Bonchev–Trinajstić information content (AvgIpc) is 2.37. The fourth-order valence-electron chi connectivity index (χ4n) is 1.88. The molecule has 0 amide bonds. The number of hydrogen-bond acceptors (Lipinski definition) is 3. The van der Waals surface area contributed by atoms with E-state index in [1.807, 2.05) is 25.1 Å². The van der Waals surface area contributed by atoms with Crippen molar-refractivity contribution < 1.29 is 9.53 Å². The normalized spacial score (nSPS) is 12.1. The number of rotatable bonds is 8. The molecule has 1 aromatic rings. The molecule has 1 rings (SSSR count). The van der Waals surface area contributed by atoms with Gasteiger partial charge in [0.15, 0.2) is 0 Å². The molecule has 0 fully saturated rings. The summed E-state index contributed by atoms with van der Waals surface area (Å²) in [5.41, 5.74) is 1.25. The van der Waals surface area contributed by atoms with Crippen LogP contribution in [0.4, 0.5) is 0 Å². The van der Waals surface area contributed by atoms with E-state index in [0.717, 1.165) is 19.4 Å². The Hall–Kier alpha value is -1.35. The van der Waals surface area contributed by atoms with Gasteiger partial charge in [0.05, 0.1) is 13.0 Å². The van der Waals surface area contributed by atoms with Gasteiger partial charge in [-0.05, 0) is 31.9 Å². The maximum Gasteiger partial charge on any atom is 0.307 e. The summed E-state index contributed by atoms with van der Waals surface area (Å²) in [5.74, 6) is -0.123. The number of esters is 1. The smallest absolute Gasteiger partial charge is 0.307 e. The Bertz CT molecular complexity index is 338. The third kappa shape index (κ3) is 5.82. The van der Waals surface area contributed by atoms with Gasteiger partial charge in [-0.2, -0.15) is 0 Å². The Balaban J connectivity index is 2.52. The van der Waals surface area contributed by atoms with Crippen molar-refractivity contribution in [2.45, 2.75) is 39.2 Å². The largest absolute Gasteiger partial charge is 0.466 e. The molecule has 3 nitrogen and oxygen atoms in total. The molecule has 1 N–H and O–H groups in total. The van der Waals surface area contributed by atoms with E-state index >= 15 is 0 Å². The molecule has 0 heterocycles. The van der Waals surface area contributed by atoms with Crippen molar-refractivity contribution in [3.05, 3.63) is 35.9 Å². The van der Waals surface area contributed by atoms with Crippen molar-refractivity contribution in [1.29, 1.82) is 0 Å². The molecule has 100 valence electrons. The molecule has 0 saturated carbocycles. The number of carbonyl (C=O) groups is 1. The molecule has 0 spiro atoms. The lowest BCUT2D eigenvalue weighted by atomic mass is 10.0. The maximum absolute atomic E-state index is 11.5. The van der Waals surface area contributed by atoms with E-state index in [0.29, 0.717) is 13.0 Å². The summed E-state index contributed by atoms with van der Waals surface area (Å²) in [6, 6.07) is 10.4. The number of ether oxygens (including phenoxy) is 1. The highest BCUT2D eigenvalue weighted by atomic mass is 16.5. The van der Waals surface area contributed by atoms with Crippen molar-refractivity contribution >= 4 is 5.97 Å². The van der Waals surface area contributed by atoms with Crippen LogP contribution in [0, 0.1) is 0 Å². The van der Waals surface area contributed by atoms with E-state index in [2.05, 4.69) is 24.4 Å². The quantitative estimate of drug-likeness (QED) is 0.720. The van der Waals surface area contributed by atoms with Crippen LogP contribution in [0.15, 0.2) is 30.3 Å². The zero-order valence-corrected chi connectivity index (χ0v) is 11.3. The fraction of sp³-hybridized carbons (Fsp3) is 0.533. The molecule has 1 unspecified atom stereocenters. The number of nitrogens with one attached hydrogen (secondary N) is 1. The minimum atomic E-state index is -0.123. The van der Waals surface area contributed by atoms with E-state index in [-0.39, 0.29) is 12.0 Å². The van der Waals surface area contributed by atoms with Crippen molar-refractivity contribution in [3.63, 3.8) is 0 Å². The van der Waals surface area contributed by atoms with Crippen LogP contribution in [0.2, 0.25) is 0 Å². The van der Waals surface area contributed by atoms with Gasteiger partial charge in [-0.3, -0.25) is 4.79 Å². The Morgan fingerprint density at radius 2 is 2.00 bits per heavy atom. The van der Waals surface area contributed by atoms with E-state index in [1.165, 1.54) is 5.56 Å². The summed E-state index contributed by atoms with van der Waals surface area (Å²) in [5, 5.41) is 3.41. The Morgan fingerprint density at radius 3 is 2.61 bits per heavy atom. The highest BCUT2D eigenvalue weighted by molar-refractivity contribution is 5.70. The maximum atomic E-state index is 11.5. The standard InChI is InChI=1S/C15H23NO2/c1-3-10-16-14(12-15(17)18-4-2)11-13-8-6-5-7-9-13/h5-9,14,16H,3-4,10-12H2,1-2H3. The highest BCUT2D eigenvalue weighted by Gasteiger charge is 2.14. The van der Waals surface area contributed by atoms with Crippen LogP contribution in [-0.4, -0.2) is 25.2 Å². The zero-order chi connectivity index (χ0) is 13.2. The number of benzene rings is 1. The van der Waals surface area contributed by atoms with E-state index in [1.54, 1.807) is 0 Å². The molecule has 1 atom stereocenters. The third-order valence-electron chi connectivity index (χ3n) is 2.73. The highest BCUT2D eigenvalue weighted by Crippen LogP contribution is 2.07. The summed E-state index contributed by atoms with van der Waals surface area (Å²) in [4.78, 5) is 11.5. The van der Waals surface area contributed by atoms with Crippen LogP contribution in [0.5, 0.6) is 0 Å². The lowest BCUT2D eigenvalue weighted by molar-refractivity contribution is -0.143. The third-order valence-corrected chi connectivity index (χ3v) is 2.73. The molecular formula is C15H23NO2. The first-order valence-corrected chi connectivity index (χ1v) is 6.69. The summed E-state index contributed by atoms with van der Waals surface area (Å²) >= 11 is 0. The van der Waals surface area contributed by atoms with E-state index in [4.69, 9.17) is 4.74 Å². The monoisotopic (exact) mass is 249 g/mol. The van der Waals surface area contributed by atoms with Crippen LogP contribution in [0.1, 0.15) is 32.3 Å². The van der Waals surface area contributed by atoms with Gasteiger partial charge in [0, 0.05) is 6.04 Å². The molecule has 3 heteroatoms. The number of carbonyl (C=O) groups excluding carboxylic acids is 1. The van der Waals surface area contributed by atoms with Crippen LogP contribution in [0.25, 0.3) is 0 Å². The van der Waals surface area contributed by atoms with Gasteiger partial charge in [-0.15, -0.1) is 0 Å². The van der Waals surface area contributed by atoms with Crippen molar-refractivity contribution in [3.8, 4) is 0 Å². The summed E-state index contributed by atoms with van der Waals surface area (Å²) in [6.45, 7) is 5.34. The molecule has 0 bridgehead atoms. The molecule has 18 heavy (non-hydrogen) atoms. The lowest BCUT2D eigenvalue weighted by Gasteiger charge is -2.17. The Morgan fingerprint density at radius 1 is 1.28 bits per heavy atom. The second kappa shape index (κ2) is 8.70. The topological polar surface area (TPSA) is 38.3 Å². The van der Waals surface area contributed by atoms with Gasteiger partial charge in [0.2, 0.25) is 0 Å². The van der Waals surface area contributed by atoms with E-state index in [9.17, 15) is 4.79 Å². The van der Waals surface area contributed by atoms with Gasteiger partial charge in [0.25, 0.3) is 0 Å². The van der Waals surface area contributed by atoms with Gasteiger partial charge in [-0.25, -0.2) is 0 Å². The van der Waals surface area contributed by atoms with Crippen LogP contribution >= 0.6 is 0 Å². The van der Waals surface area contributed by atoms with Gasteiger partial charge >= 0.3 is 5.97 Å². The van der Waals surface area contributed by atoms with Crippen molar-refractivity contribution in [2.75, 3.05) is 13.2 Å². The minimum Gasteiger partial charge on any atom is -0.466 e. The van der Waals surface area contributed by atoms with E-state index < -0.39 is 0 Å². The first-order valence-electron chi connectivity index (χ1n) is 6.69. The molecule has 0 aliphatic rings. The van der Waals surface area contributed by atoms with Crippen molar-refractivity contribution in [2.24, 2.45) is 0 Å². The SMILES string of the molecule is CCCNC(CC(=O)OCC)Cc1ccccc1. The second-order valence-corrected chi connectivity index (χ2v) is 4.35. The molecule has 0 saturated heterocycles. The molecule has 0 aliphatic carbocycles. The zero-order valence-electron chi connectivity index (χ0n) is 11.3. The van der Waals surface area contributed by atoms with Gasteiger partial charge in [-0.1, -0.05) is 37.3 Å². The van der Waals surface area contributed by atoms with Crippen LogP contribution < -0.4 is 5.32 Å². The summed E-state index contributed by atoms with van der Waals surface area (Å²) in [6.07, 6.45) is 2.36. The van der Waals surface area contributed by atoms with Crippen LogP contribution in [0.3, 0.4) is 0 Å². The van der Waals surface area contributed by atoms with Crippen molar-refractivity contribution in [1.82, 2.24) is 5.32 Å². The first kappa shape index (κ1) is 14.7. The Labute approximate surface area is 110 Å². The lowest BCUT2D eigenvalue weighted by Crippen LogP contribution is -2.34. The summed E-state index contributed by atoms with van der Waals surface area (Å²) in [7, 11) is 0. The molecule has 0 aromatic heterocycles. The molecule has 0 radical (unpaired) electrons.